The molecule has 0 N–H and O–H groups in total. The molecule has 0 spiro atoms. The summed E-state index contributed by atoms with van der Waals surface area (Å²) in [5.41, 5.74) is 4.30. The number of rotatable bonds is 3. The van der Waals surface area contributed by atoms with E-state index in [-0.39, 0.29) is 16.6 Å². The van der Waals surface area contributed by atoms with E-state index in [1.54, 1.807) is 24.3 Å². The van der Waals surface area contributed by atoms with E-state index in [4.69, 9.17) is 4.74 Å². The lowest BCUT2D eigenvalue weighted by Gasteiger charge is -2.42. The third kappa shape index (κ3) is 3.18. The first-order valence-electron chi connectivity index (χ1n) is 9.04. The quantitative estimate of drug-likeness (QED) is 0.574. The Balaban J connectivity index is 2.03. The number of esters is 1. The first kappa shape index (κ1) is 18.4. The summed E-state index contributed by atoms with van der Waals surface area (Å²) in [6, 6.07) is 12.8. The molecule has 1 aliphatic rings. The summed E-state index contributed by atoms with van der Waals surface area (Å²) in [5.74, 6) is -0.509. The first-order chi connectivity index (χ1) is 12.2. The summed E-state index contributed by atoms with van der Waals surface area (Å²) >= 11 is 0. The molecule has 136 valence electrons. The van der Waals surface area contributed by atoms with Crippen LogP contribution in [-0.2, 0) is 15.6 Å². The van der Waals surface area contributed by atoms with Crippen molar-refractivity contribution in [2.24, 2.45) is 0 Å². The molecule has 0 aromatic heterocycles. The minimum atomic E-state index is -0.437. The van der Waals surface area contributed by atoms with Crippen molar-refractivity contribution >= 4 is 11.8 Å². The van der Waals surface area contributed by atoms with Gasteiger partial charge in [0.2, 0.25) is 0 Å². The normalized spacial score (nSPS) is 17.3. The number of carbonyl (C=O) groups is 2. The lowest BCUT2D eigenvalue weighted by Crippen LogP contribution is -2.34. The van der Waals surface area contributed by atoms with Crippen LogP contribution in [0.2, 0.25) is 0 Å². The fourth-order valence-corrected chi connectivity index (χ4v) is 3.80. The van der Waals surface area contributed by atoms with Crippen molar-refractivity contribution in [3.8, 4) is 0 Å². The van der Waals surface area contributed by atoms with Crippen LogP contribution in [-0.4, -0.2) is 18.9 Å². The van der Waals surface area contributed by atoms with Crippen molar-refractivity contribution in [1.82, 2.24) is 0 Å². The molecule has 0 fully saturated rings. The molecule has 0 saturated heterocycles. The highest BCUT2D eigenvalue weighted by Crippen LogP contribution is 2.46. The Morgan fingerprint density at radius 2 is 1.38 bits per heavy atom. The van der Waals surface area contributed by atoms with Crippen molar-refractivity contribution in [3.63, 3.8) is 0 Å². The molecule has 0 aliphatic heterocycles. The maximum atomic E-state index is 13.0. The highest BCUT2D eigenvalue weighted by molar-refractivity contribution is 6.10. The average molecular weight is 350 g/mol. The lowest BCUT2D eigenvalue weighted by atomic mass is 9.63. The molecule has 0 bridgehead atoms. The summed E-state index contributed by atoms with van der Waals surface area (Å²) in [7, 11) is 1.34. The van der Waals surface area contributed by atoms with Crippen molar-refractivity contribution < 1.29 is 14.3 Å². The summed E-state index contributed by atoms with van der Waals surface area (Å²) in [5, 5.41) is 0. The summed E-state index contributed by atoms with van der Waals surface area (Å²) in [4.78, 5) is 24.8. The van der Waals surface area contributed by atoms with Crippen LogP contribution in [0.25, 0.3) is 0 Å². The van der Waals surface area contributed by atoms with Gasteiger partial charge in [0.05, 0.1) is 12.7 Å². The summed E-state index contributed by atoms with van der Waals surface area (Å²) < 4.78 is 4.75. The molecule has 0 atom stereocenters. The van der Waals surface area contributed by atoms with Gasteiger partial charge in [0.25, 0.3) is 0 Å². The van der Waals surface area contributed by atoms with Gasteiger partial charge in [-0.25, -0.2) is 4.79 Å². The van der Waals surface area contributed by atoms with Crippen molar-refractivity contribution in [3.05, 3.63) is 70.3 Å². The van der Waals surface area contributed by atoms with Gasteiger partial charge in [-0.05, 0) is 53.0 Å². The molecular formula is C23H26O3. The third-order valence-corrected chi connectivity index (χ3v) is 5.66. The van der Waals surface area contributed by atoms with E-state index >= 15 is 0 Å². The number of carbonyl (C=O) groups excluding carboxylic acids is 2. The zero-order valence-electron chi connectivity index (χ0n) is 16.2. The van der Waals surface area contributed by atoms with Gasteiger partial charge >= 0.3 is 5.97 Å². The molecule has 3 nitrogen and oxygen atoms in total. The van der Waals surface area contributed by atoms with Crippen LogP contribution < -0.4 is 0 Å². The molecule has 26 heavy (non-hydrogen) atoms. The molecule has 0 radical (unpaired) electrons. The maximum absolute atomic E-state index is 13.0. The van der Waals surface area contributed by atoms with Crippen LogP contribution >= 0.6 is 0 Å². The van der Waals surface area contributed by atoms with E-state index < -0.39 is 5.97 Å². The molecule has 0 unspecified atom stereocenters. The molecule has 0 saturated carbocycles. The maximum Gasteiger partial charge on any atom is 0.337 e. The third-order valence-electron chi connectivity index (χ3n) is 5.66. The SMILES string of the molecule is COC(=O)c1cccc(C(=O)c2ccc3c(c2)C(C)(C)CCC3(C)C)c1. The van der Waals surface area contributed by atoms with Gasteiger partial charge in [-0.1, -0.05) is 52.0 Å². The predicted molar refractivity (Wildman–Crippen MR) is 103 cm³/mol. The smallest absolute Gasteiger partial charge is 0.337 e. The van der Waals surface area contributed by atoms with Gasteiger partial charge in [-0.2, -0.15) is 0 Å². The largest absolute Gasteiger partial charge is 0.465 e. The van der Waals surface area contributed by atoms with Gasteiger partial charge < -0.3 is 4.74 Å². The van der Waals surface area contributed by atoms with Crippen LogP contribution in [0.15, 0.2) is 42.5 Å². The second-order valence-corrected chi connectivity index (χ2v) is 8.43. The van der Waals surface area contributed by atoms with Gasteiger partial charge in [0.15, 0.2) is 5.78 Å². The summed E-state index contributed by atoms with van der Waals surface area (Å²) in [6.07, 6.45) is 2.24. The Bertz CT molecular complexity index is 875. The Labute approximate surface area is 155 Å². The minimum absolute atomic E-state index is 0.0506. The Hall–Kier alpha value is -2.42. The number of fused-ring (bicyclic) bond motifs is 1. The average Bonchev–Trinajstić information content (AvgIpc) is 2.64. The van der Waals surface area contributed by atoms with Gasteiger partial charge in [-0.3, -0.25) is 4.79 Å². The Kier molecular flexibility index (Phi) is 4.51. The lowest BCUT2D eigenvalue weighted by molar-refractivity contribution is 0.0600. The summed E-state index contributed by atoms with van der Waals surface area (Å²) in [6.45, 7) is 9.02. The van der Waals surface area contributed by atoms with Gasteiger partial charge in [-0.15, -0.1) is 0 Å². The van der Waals surface area contributed by atoms with E-state index in [2.05, 4.69) is 33.8 Å². The standard InChI is InChI=1S/C23H26O3/c1-22(2)11-12-23(3,4)19-14-16(9-10-18(19)22)20(24)15-7-6-8-17(13-15)21(25)26-5/h6-10,13-14H,11-12H2,1-5H3. The van der Waals surface area contributed by atoms with Crippen LogP contribution in [0.3, 0.4) is 0 Å². The number of benzene rings is 2. The van der Waals surface area contributed by atoms with Crippen molar-refractivity contribution in [2.45, 2.75) is 51.4 Å². The molecule has 0 amide bonds. The van der Waals surface area contributed by atoms with E-state index in [0.29, 0.717) is 16.7 Å². The Morgan fingerprint density at radius 3 is 2.04 bits per heavy atom. The molecule has 3 heteroatoms. The predicted octanol–water partition coefficient (Wildman–Crippen LogP) is 5.05. The topological polar surface area (TPSA) is 43.4 Å². The van der Waals surface area contributed by atoms with Crippen LogP contribution in [0.1, 0.15) is 77.9 Å². The van der Waals surface area contributed by atoms with E-state index in [9.17, 15) is 9.59 Å². The van der Waals surface area contributed by atoms with Crippen LogP contribution in [0.5, 0.6) is 0 Å². The molecule has 0 heterocycles. The molecule has 3 rings (SSSR count). The minimum Gasteiger partial charge on any atom is -0.465 e. The fraction of sp³-hybridized carbons (Fsp3) is 0.391. The van der Waals surface area contributed by atoms with E-state index in [1.807, 2.05) is 12.1 Å². The van der Waals surface area contributed by atoms with Crippen molar-refractivity contribution in [1.29, 1.82) is 0 Å². The van der Waals surface area contributed by atoms with Crippen LogP contribution in [0, 0.1) is 0 Å². The van der Waals surface area contributed by atoms with Gasteiger partial charge in [0.1, 0.15) is 0 Å². The highest BCUT2D eigenvalue weighted by Gasteiger charge is 2.37. The number of methoxy groups -OCH3 is 1. The van der Waals surface area contributed by atoms with Crippen LogP contribution in [0.4, 0.5) is 0 Å². The number of hydrogen-bond acceptors (Lipinski definition) is 3. The highest BCUT2D eigenvalue weighted by atomic mass is 16.5. The van der Waals surface area contributed by atoms with E-state index in [1.165, 1.54) is 18.2 Å². The zero-order chi connectivity index (χ0) is 19.1. The van der Waals surface area contributed by atoms with E-state index in [0.717, 1.165) is 12.8 Å². The van der Waals surface area contributed by atoms with Gasteiger partial charge in [0, 0.05) is 11.1 Å². The number of hydrogen-bond donors (Lipinski definition) is 0. The fourth-order valence-electron chi connectivity index (χ4n) is 3.80. The molecular weight excluding hydrogens is 324 g/mol. The molecule has 1 aliphatic carbocycles. The second-order valence-electron chi connectivity index (χ2n) is 8.43. The molecule has 2 aromatic carbocycles. The monoisotopic (exact) mass is 350 g/mol. The number of ether oxygens (including phenoxy) is 1. The zero-order valence-corrected chi connectivity index (χ0v) is 16.2. The van der Waals surface area contributed by atoms with Crippen molar-refractivity contribution in [2.75, 3.05) is 7.11 Å². The molecule has 2 aromatic rings. The number of ketones is 1. The first-order valence-corrected chi connectivity index (χ1v) is 9.04. The Morgan fingerprint density at radius 1 is 0.808 bits per heavy atom. The second kappa shape index (κ2) is 6.39.